The van der Waals surface area contributed by atoms with Crippen LogP contribution in [0.15, 0.2) is 18.2 Å². The van der Waals surface area contributed by atoms with Gasteiger partial charge in [-0.15, -0.1) is 0 Å². The number of fused-ring (bicyclic) bond motifs is 1. The van der Waals surface area contributed by atoms with Crippen LogP contribution in [0, 0.1) is 33.3 Å². The number of nitrogens with zero attached hydrogens (tertiary/aromatic N) is 2. The Labute approximate surface area is 196 Å². The van der Waals surface area contributed by atoms with E-state index >= 15 is 0 Å². The summed E-state index contributed by atoms with van der Waals surface area (Å²) in [6.07, 6.45) is 7.31. The number of nitrogens with one attached hydrogen (secondary N) is 1. The van der Waals surface area contributed by atoms with E-state index in [2.05, 4.69) is 5.32 Å². The van der Waals surface area contributed by atoms with Crippen LogP contribution in [0.3, 0.4) is 0 Å². The van der Waals surface area contributed by atoms with Crippen LogP contribution in [0.25, 0.3) is 0 Å². The number of hydrogen-bond donors (Lipinski definition) is 1. The zero-order valence-electron chi connectivity index (χ0n) is 19.0. The average molecular weight is 469 g/mol. The molecule has 6 rings (SSSR count). The molecule has 0 spiro atoms. The lowest BCUT2D eigenvalue weighted by molar-refractivity contribution is -0.385. The Kier molecular flexibility index (Phi) is 5.41. The molecular weight excluding hydrogens is 442 g/mol. The minimum absolute atomic E-state index is 0.0242. The second kappa shape index (κ2) is 8.18. The molecule has 1 aromatic carbocycles. The maximum atomic E-state index is 12.6. The van der Waals surface area contributed by atoms with E-state index in [1.54, 1.807) is 0 Å². The maximum Gasteiger partial charge on any atom is 0.326 e. The fraction of sp³-hybridized carbons (Fsp3) is 0.583. The molecule has 0 saturated heterocycles. The monoisotopic (exact) mass is 469 g/mol. The van der Waals surface area contributed by atoms with E-state index in [1.165, 1.54) is 31.4 Å². The highest BCUT2D eigenvalue weighted by Gasteiger charge is 2.53. The Morgan fingerprint density at radius 2 is 1.76 bits per heavy atom. The lowest BCUT2D eigenvalue weighted by Crippen LogP contribution is -2.56. The van der Waals surface area contributed by atoms with E-state index < -0.39 is 47.5 Å². The predicted molar refractivity (Wildman–Crippen MR) is 118 cm³/mol. The van der Waals surface area contributed by atoms with E-state index in [4.69, 9.17) is 4.74 Å². The lowest BCUT2D eigenvalue weighted by atomic mass is 9.48. The van der Waals surface area contributed by atoms with E-state index in [-0.39, 0.29) is 22.6 Å². The molecule has 10 nitrogen and oxygen atoms in total. The fourth-order valence-corrected chi connectivity index (χ4v) is 7.08. The van der Waals surface area contributed by atoms with Gasteiger partial charge in [-0.3, -0.25) is 34.2 Å². The normalized spacial score (nSPS) is 29.7. The van der Waals surface area contributed by atoms with Crippen LogP contribution in [0.2, 0.25) is 0 Å². The van der Waals surface area contributed by atoms with Gasteiger partial charge in [0, 0.05) is 12.1 Å². The molecule has 1 atom stereocenters. The molecule has 4 bridgehead atoms. The lowest BCUT2D eigenvalue weighted by Gasteiger charge is -2.59. The number of esters is 1. The van der Waals surface area contributed by atoms with Gasteiger partial charge in [-0.05, 0) is 74.7 Å². The Balaban J connectivity index is 1.15. The summed E-state index contributed by atoms with van der Waals surface area (Å²) < 4.78 is 5.03. The van der Waals surface area contributed by atoms with Crippen LogP contribution in [-0.4, -0.2) is 52.7 Å². The first-order chi connectivity index (χ1) is 16.2. The second-order valence-corrected chi connectivity index (χ2v) is 10.4. The van der Waals surface area contributed by atoms with Crippen LogP contribution < -0.4 is 5.32 Å². The van der Waals surface area contributed by atoms with Gasteiger partial charge in [0.05, 0.1) is 10.5 Å². The highest BCUT2D eigenvalue weighted by atomic mass is 16.6. The van der Waals surface area contributed by atoms with Gasteiger partial charge in [-0.2, -0.15) is 0 Å². The van der Waals surface area contributed by atoms with Crippen molar-refractivity contribution < 1.29 is 28.8 Å². The van der Waals surface area contributed by atoms with Crippen LogP contribution in [0.5, 0.6) is 0 Å². The number of rotatable bonds is 7. The summed E-state index contributed by atoms with van der Waals surface area (Å²) in [4.78, 5) is 60.9. The number of hydrogen-bond acceptors (Lipinski definition) is 7. The first kappa shape index (κ1) is 22.5. The standard InChI is InChI=1S/C24H27N3O7/c1-13(24-8-14-5-15(9-24)7-16(6-14)10-24)25-19(28)12-34-20(29)11-26-22(30)17-3-2-4-18(27(32)33)21(17)23(26)31/h2-4,13-16H,5-12H2,1H3,(H,25,28). The average Bonchev–Trinajstić information content (AvgIpc) is 3.01. The number of ether oxygens (including phenoxy) is 1. The molecule has 5 aliphatic rings. The van der Waals surface area contributed by atoms with Crippen molar-refractivity contribution in [2.24, 2.45) is 23.2 Å². The smallest absolute Gasteiger partial charge is 0.326 e. The number of imide groups is 1. The quantitative estimate of drug-likeness (QED) is 0.280. The van der Waals surface area contributed by atoms with Gasteiger partial charge in [0.25, 0.3) is 23.4 Å². The summed E-state index contributed by atoms with van der Waals surface area (Å²) >= 11 is 0. The van der Waals surface area contributed by atoms with Crippen molar-refractivity contribution in [1.82, 2.24) is 10.2 Å². The zero-order valence-corrected chi connectivity index (χ0v) is 19.0. The Hall–Kier alpha value is -3.30. The molecule has 34 heavy (non-hydrogen) atoms. The molecule has 1 unspecified atom stereocenters. The van der Waals surface area contributed by atoms with Crippen molar-refractivity contribution in [3.05, 3.63) is 39.4 Å². The number of carbonyl (C=O) groups is 4. The molecule has 4 aliphatic carbocycles. The molecule has 1 aromatic rings. The van der Waals surface area contributed by atoms with Gasteiger partial charge in [-0.25, -0.2) is 0 Å². The molecule has 180 valence electrons. The third kappa shape index (κ3) is 3.74. The SMILES string of the molecule is CC(NC(=O)COC(=O)CN1C(=O)c2cccc([N+](=O)[O-])c2C1=O)C12CC3CC(CC(C3)C1)C2. The topological polar surface area (TPSA) is 136 Å². The predicted octanol–water partition coefficient (Wildman–Crippen LogP) is 2.46. The maximum absolute atomic E-state index is 12.6. The highest BCUT2D eigenvalue weighted by Crippen LogP contribution is 2.61. The van der Waals surface area contributed by atoms with Crippen molar-refractivity contribution in [3.8, 4) is 0 Å². The van der Waals surface area contributed by atoms with Gasteiger partial charge < -0.3 is 10.1 Å². The molecule has 3 amide bonds. The highest BCUT2D eigenvalue weighted by molar-refractivity contribution is 6.24. The minimum Gasteiger partial charge on any atom is -0.454 e. The third-order valence-corrected chi connectivity index (χ3v) is 8.21. The van der Waals surface area contributed by atoms with Crippen LogP contribution in [-0.2, 0) is 14.3 Å². The first-order valence-corrected chi connectivity index (χ1v) is 11.8. The van der Waals surface area contributed by atoms with Crippen LogP contribution in [0.4, 0.5) is 5.69 Å². The van der Waals surface area contributed by atoms with Crippen molar-refractivity contribution in [1.29, 1.82) is 0 Å². The molecule has 10 heteroatoms. The first-order valence-electron chi connectivity index (χ1n) is 11.8. The molecule has 4 fully saturated rings. The van der Waals surface area contributed by atoms with E-state index in [0.717, 1.165) is 43.1 Å². The number of nitro benzene ring substituents is 1. The van der Waals surface area contributed by atoms with E-state index in [9.17, 15) is 29.3 Å². The molecule has 1 N–H and O–H groups in total. The van der Waals surface area contributed by atoms with E-state index in [1.807, 2.05) is 6.92 Å². The molecule has 4 saturated carbocycles. The van der Waals surface area contributed by atoms with Crippen molar-refractivity contribution in [3.63, 3.8) is 0 Å². The minimum atomic E-state index is -0.935. The fourth-order valence-electron chi connectivity index (χ4n) is 7.08. The molecular formula is C24H27N3O7. The Bertz CT molecular complexity index is 1060. The number of benzene rings is 1. The van der Waals surface area contributed by atoms with Crippen LogP contribution >= 0.6 is 0 Å². The van der Waals surface area contributed by atoms with Gasteiger partial charge in [0.2, 0.25) is 0 Å². The largest absolute Gasteiger partial charge is 0.454 e. The van der Waals surface area contributed by atoms with Gasteiger partial charge in [0.1, 0.15) is 12.1 Å². The summed E-state index contributed by atoms with van der Waals surface area (Å²) in [7, 11) is 0. The van der Waals surface area contributed by atoms with Crippen molar-refractivity contribution >= 4 is 29.4 Å². The second-order valence-electron chi connectivity index (χ2n) is 10.4. The van der Waals surface area contributed by atoms with Gasteiger partial charge >= 0.3 is 5.97 Å². The number of nitro groups is 1. The van der Waals surface area contributed by atoms with Gasteiger partial charge in [-0.1, -0.05) is 6.07 Å². The number of carbonyl (C=O) groups excluding carboxylic acids is 4. The summed E-state index contributed by atoms with van der Waals surface area (Å²) in [6.45, 7) is 0.790. The number of amides is 3. The summed E-state index contributed by atoms with van der Waals surface area (Å²) in [5.41, 5.74) is -0.852. The molecule has 0 radical (unpaired) electrons. The summed E-state index contributed by atoms with van der Waals surface area (Å²) in [5, 5.41) is 14.2. The Morgan fingerprint density at radius 3 is 2.35 bits per heavy atom. The van der Waals surface area contributed by atoms with Gasteiger partial charge in [0.15, 0.2) is 6.61 Å². The summed E-state index contributed by atoms with van der Waals surface area (Å²) in [6, 6.07) is 3.71. The molecule has 1 heterocycles. The van der Waals surface area contributed by atoms with Crippen molar-refractivity contribution in [2.75, 3.05) is 13.2 Å². The molecule has 1 aliphatic heterocycles. The Morgan fingerprint density at radius 1 is 1.15 bits per heavy atom. The molecule has 0 aromatic heterocycles. The summed E-state index contributed by atoms with van der Waals surface area (Å²) in [5.74, 6) is -0.842. The third-order valence-electron chi connectivity index (χ3n) is 8.21. The van der Waals surface area contributed by atoms with E-state index in [0.29, 0.717) is 4.90 Å². The van der Waals surface area contributed by atoms with Crippen LogP contribution in [0.1, 0.15) is 66.2 Å². The zero-order chi connectivity index (χ0) is 24.2. The van der Waals surface area contributed by atoms with Crippen molar-refractivity contribution in [2.45, 2.75) is 51.5 Å².